The Bertz CT molecular complexity index is 2920. The minimum Gasteiger partial charge on any atom is -0.503 e. The molecular weight excluding hydrogens is 884 g/mol. The Morgan fingerprint density at radius 3 is 2.18 bits per heavy atom. The van der Waals surface area contributed by atoms with Crippen molar-refractivity contribution in [3.8, 4) is 11.5 Å². The van der Waals surface area contributed by atoms with Crippen LogP contribution in [-0.2, 0) is 36.1 Å². The molecule has 0 atom stereocenters. The van der Waals surface area contributed by atoms with Gasteiger partial charge in [-0.15, -0.1) is 0 Å². The van der Waals surface area contributed by atoms with Crippen molar-refractivity contribution in [1.29, 1.82) is 0 Å². The van der Waals surface area contributed by atoms with Gasteiger partial charge in [-0.1, -0.05) is 56.1 Å². The van der Waals surface area contributed by atoms with Gasteiger partial charge in [-0.3, -0.25) is 38.3 Å². The third kappa shape index (κ3) is 10.2. The topological polar surface area (TPSA) is 205 Å². The molecule has 0 spiro atoms. The summed E-state index contributed by atoms with van der Waals surface area (Å²) in [6.07, 6.45) is 14.5. The highest BCUT2D eigenvalue weighted by atomic mass is 19.4. The van der Waals surface area contributed by atoms with Crippen molar-refractivity contribution in [2.24, 2.45) is 10.8 Å². The normalized spacial score (nSPS) is 16.0. The van der Waals surface area contributed by atoms with Crippen LogP contribution in [0.25, 0.3) is 11.0 Å². The molecule has 7 rings (SSSR count). The number of hydrogen-bond donors (Lipinski definition) is 3. The molecule has 0 aliphatic heterocycles. The number of nitrogens with zero attached hydrogens (tertiary/aromatic N) is 7. The molecule has 2 saturated carbocycles. The van der Waals surface area contributed by atoms with Crippen LogP contribution in [0.2, 0.25) is 0 Å². The Morgan fingerprint density at radius 1 is 0.882 bits per heavy atom. The number of carbonyl (C=O) groups excluding carboxylic acids is 3. The van der Waals surface area contributed by atoms with Gasteiger partial charge in [0.1, 0.15) is 5.65 Å². The number of amides is 2. The lowest BCUT2D eigenvalue weighted by molar-refractivity contribution is -0.144. The van der Waals surface area contributed by atoms with E-state index >= 15 is 0 Å². The summed E-state index contributed by atoms with van der Waals surface area (Å²) in [7, 11) is 1.31. The standard InChI is InChI=1S/C49H54F3N9O7/c1-6-32(14-13-31(2)47(17-7-8-18-47)29-59-27-36(62)40(63)38(57-59)44(66)56-25-33-15-22-54-23-16-33)24-46(3,4)45(67)68-37-28-60(58-39(41(37)64)43(65)53-5)30-48(19-9-10-20-48)61-26-35(49(50,51)52)34-12-11-21-55-42(34)61/h6,11-16,21-23,26-28,62H,2,7-10,17-20,24-25,29-30H2,1,3-5H3,(H,53,65)(H,56,66). The smallest absolute Gasteiger partial charge is 0.418 e. The summed E-state index contributed by atoms with van der Waals surface area (Å²) in [6.45, 7) is 9.79. The van der Waals surface area contributed by atoms with Gasteiger partial charge in [0.25, 0.3) is 22.7 Å². The second-order valence-corrected chi connectivity index (χ2v) is 18.3. The fraction of sp³-hybridized carbons (Fsp3) is 0.408. The first kappa shape index (κ1) is 48.7. The number of rotatable bonds is 16. The fourth-order valence-corrected chi connectivity index (χ4v) is 9.32. The lowest BCUT2D eigenvalue weighted by atomic mass is 9.78. The zero-order valence-electron chi connectivity index (χ0n) is 38.4. The maximum absolute atomic E-state index is 14.3. The van der Waals surface area contributed by atoms with Gasteiger partial charge in [0.05, 0.1) is 42.0 Å². The average molecular weight is 938 g/mol. The monoisotopic (exact) mass is 937 g/mol. The number of ether oxygens (including phenoxy) is 1. The number of allylic oxidation sites excluding steroid dienone is 5. The van der Waals surface area contributed by atoms with Crippen molar-refractivity contribution in [3.63, 3.8) is 0 Å². The van der Waals surface area contributed by atoms with Crippen molar-refractivity contribution < 1.29 is 37.4 Å². The Balaban J connectivity index is 1.09. The van der Waals surface area contributed by atoms with Crippen LogP contribution < -0.4 is 26.2 Å². The van der Waals surface area contributed by atoms with Gasteiger partial charge in [0.2, 0.25) is 0 Å². The van der Waals surface area contributed by atoms with Crippen LogP contribution in [0.15, 0.2) is 107 Å². The molecule has 0 saturated heterocycles. The number of alkyl halides is 3. The van der Waals surface area contributed by atoms with Gasteiger partial charge in [-0.05, 0) is 88.3 Å². The number of pyridine rings is 2. The Kier molecular flexibility index (Phi) is 14.0. The van der Waals surface area contributed by atoms with E-state index in [1.54, 1.807) is 45.3 Å². The number of hydrogen-bond acceptors (Lipinski definition) is 11. The lowest BCUT2D eigenvalue weighted by Crippen LogP contribution is -2.38. The third-order valence-electron chi connectivity index (χ3n) is 13.1. The first-order chi connectivity index (χ1) is 32.3. The van der Waals surface area contributed by atoms with E-state index in [1.165, 1.54) is 51.7 Å². The van der Waals surface area contributed by atoms with Crippen molar-refractivity contribution in [1.82, 2.24) is 44.7 Å². The quantitative estimate of drug-likeness (QED) is 0.0668. The number of aromatic nitrogens is 7. The summed E-state index contributed by atoms with van der Waals surface area (Å²) < 4.78 is 52.9. The molecule has 5 aromatic rings. The van der Waals surface area contributed by atoms with Crippen LogP contribution in [0, 0.1) is 10.8 Å². The van der Waals surface area contributed by atoms with Crippen molar-refractivity contribution in [2.75, 3.05) is 7.05 Å². The van der Waals surface area contributed by atoms with Crippen LogP contribution in [0.3, 0.4) is 0 Å². The minimum absolute atomic E-state index is 0.0566. The fourth-order valence-electron chi connectivity index (χ4n) is 9.32. The van der Waals surface area contributed by atoms with E-state index in [-0.39, 0.29) is 37.1 Å². The van der Waals surface area contributed by atoms with Crippen molar-refractivity contribution in [3.05, 3.63) is 140 Å². The lowest BCUT2D eigenvalue weighted by Gasteiger charge is -2.32. The highest BCUT2D eigenvalue weighted by molar-refractivity contribution is 5.93. The van der Waals surface area contributed by atoms with E-state index in [2.05, 4.69) is 37.4 Å². The SMILES string of the molecule is C=C(C=CC(=CC)CC(C)(C)C(=O)Oc1cn(CC2(n3cc(C(F)(F)F)c4cccnc43)CCCC2)nc(C(=O)NC)c1=O)C1(Cn2cc(O)c(=O)c(C(=O)NCc3ccncc3)n2)CCCC1. The molecule has 2 amide bonds. The molecule has 358 valence electrons. The summed E-state index contributed by atoms with van der Waals surface area (Å²) in [5, 5.41) is 24.3. The Morgan fingerprint density at radius 2 is 1.53 bits per heavy atom. The maximum atomic E-state index is 14.3. The van der Waals surface area contributed by atoms with Crippen LogP contribution >= 0.6 is 0 Å². The molecular formula is C49H54F3N9O7. The zero-order chi connectivity index (χ0) is 49.0. The molecule has 68 heavy (non-hydrogen) atoms. The van der Waals surface area contributed by atoms with Crippen LogP contribution in [0.1, 0.15) is 111 Å². The van der Waals surface area contributed by atoms with Gasteiger partial charge in [0.15, 0.2) is 22.9 Å². The van der Waals surface area contributed by atoms with E-state index in [0.717, 1.165) is 35.7 Å². The molecule has 2 fully saturated rings. The largest absolute Gasteiger partial charge is 0.503 e. The number of nitrogens with one attached hydrogen (secondary N) is 2. The van der Waals surface area contributed by atoms with Crippen LogP contribution in [0.5, 0.6) is 11.5 Å². The molecule has 2 aliphatic carbocycles. The second kappa shape index (κ2) is 19.6. The predicted molar refractivity (Wildman–Crippen MR) is 246 cm³/mol. The summed E-state index contributed by atoms with van der Waals surface area (Å²) in [5.74, 6) is -3.45. The first-order valence-corrected chi connectivity index (χ1v) is 22.4. The number of aromatic hydroxyl groups is 1. The number of halogens is 3. The van der Waals surface area contributed by atoms with Crippen molar-refractivity contribution >= 4 is 28.8 Å². The summed E-state index contributed by atoms with van der Waals surface area (Å²) in [5.41, 5.74) is -4.08. The Hall–Kier alpha value is -7.18. The average Bonchev–Trinajstić information content (AvgIpc) is 4.09. The summed E-state index contributed by atoms with van der Waals surface area (Å²) >= 11 is 0. The molecule has 5 aromatic heterocycles. The molecule has 0 radical (unpaired) electrons. The molecule has 16 nitrogen and oxygen atoms in total. The second-order valence-electron chi connectivity index (χ2n) is 18.3. The van der Waals surface area contributed by atoms with Gasteiger partial charge >= 0.3 is 12.1 Å². The van der Waals surface area contributed by atoms with Crippen LogP contribution in [-0.4, -0.2) is 64.0 Å². The third-order valence-corrected chi connectivity index (χ3v) is 13.1. The molecule has 3 N–H and O–H groups in total. The Labute approximate surface area is 389 Å². The van der Waals surface area contributed by atoms with Gasteiger partial charge in [0, 0.05) is 49.2 Å². The van der Waals surface area contributed by atoms with E-state index in [1.807, 2.05) is 18.2 Å². The minimum atomic E-state index is -4.65. The molecule has 0 bridgehead atoms. The summed E-state index contributed by atoms with van der Waals surface area (Å²) in [6, 6.07) is 6.25. The number of esters is 1. The molecule has 19 heteroatoms. The number of carbonyl (C=O) groups is 3. The predicted octanol–water partition coefficient (Wildman–Crippen LogP) is 7.17. The van der Waals surface area contributed by atoms with Gasteiger partial charge in [-0.2, -0.15) is 23.4 Å². The van der Waals surface area contributed by atoms with E-state index in [9.17, 15) is 42.3 Å². The molecule has 5 heterocycles. The molecule has 2 aliphatic rings. The van der Waals surface area contributed by atoms with Gasteiger partial charge in [-0.25, -0.2) is 4.98 Å². The number of fused-ring (bicyclic) bond motifs is 1. The zero-order valence-corrected chi connectivity index (χ0v) is 38.4. The molecule has 0 unspecified atom stereocenters. The van der Waals surface area contributed by atoms with E-state index in [0.29, 0.717) is 38.5 Å². The van der Waals surface area contributed by atoms with E-state index in [4.69, 9.17) is 4.74 Å². The van der Waals surface area contributed by atoms with Gasteiger partial charge < -0.3 is 25.0 Å². The van der Waals surface area contributed by atoms with Crippen LogP contribution in [0.4, 0.5) is 13.2 Å². The van der Waals surface area contributed by atoms with E-state index < -0.39 is 79.6 Å². The maximum Gasteiger partial charge on any atom is 0.418 e. The first-order valence-electron chi connectivity index (χ1n) is 22.4. The van der Waals surface area contributed by atoms with Crippen molar-refractivity contribution in [2.45, 2.75) is 110 Å². The highest BCUT2D eigenvalue weighted by Gasteiger charge is 2.43. The highest BCUT2D eigenvalue weighted by Crippen LogP contribution is 2.46. The summed E-state index contributed by atoms with van der Waals surface area (Å²) in [4.78, 5) is 75.0. The molecule has 0 aromatic carbocycles.